The van der Waals surface area contributed by atoms with E-state index in [-0.39, 0.29) is 24.9 Å². The predicted octanol–water partition coefficient (Wildman–Crippen LogP) is 3.77. The normalized spacial score (nSPS) is 17.4. The Morgan fingerprint density at radius 1 is 1.34 bits per heavy atom. The number of nitrogens with zero attached hydrogens (tertiary/aromatic N) is 2. The van der Waals surface area contributed by atoms with E-state index in [0.717, 1.165) is 18.5 Å². The molecule has 2 heterocycles. The molecular formula is C22H30FN3O3. The number of rotatable bonds is 10. The lowest BCUT2D eigenvalue weighted by atomic mass is 10.00. The molecule has 0 saturated carbocycles. The van der Waals surface area contributed by atoms with Gasteiger partial charge in [0.05, 0.1) is 6.61 Å². The summed E-state index contributed by atoms with van der Waals surface area (Å²) in [6, 6.07) is 8.41. The molecule has 1 aliphatic rings. The van der Waals surface area contributed by atoms with Crippen LogP contribution in [0, 0.1) is 5.82 Å². The number of benzene rings is 1. The van der Waals surface area contributed by atoms with Crippen LogP contribution in [0.25, 0.3) is 11.3 Å². The molecule has 1 aromatic heterocycles. The first-order valence-electron chi connectivity index (χ1n) is 10.5. The number of likely N-dealkylation sites (tertiary alicyclic amines) is 1. The van der Waals surface area contributed by atoms with Crippen molar-refractivity contribution in [2.24, 2.45) is 0 Å². The molecule has 0 aliphatic carbocycles. The van der Waals surface area contributed by atoms with E-state index in [9.17, 15) is 9.18 Å². The molecular weight excluding hydrogens is 373 g/mol. The van der Waals surface area contributed by atoms with E-state index >= 15 is 0 Å². The monoisotopic (exact) mass is 403 g/mol. The standard InChI is InChI=1S/C22H30FN3O3/c1-2-20-6-3-4-12-26(20)13-5-11-24-22(27)16-28-15-19-14-21(29-25-19)17-7-9-18(23)10-8-17/h7-10,14,20H,2-6,11-13,15-16H2,1H3,(H,24,27)/t20-/m1/s1. The van der Waals surface area contributed by atoms with Crippen LogP contribution in [0.15, 0.2) is 34.9 Å². The van der Waals surface area contributed by atoms with Gasteiger partial charge in [-0.1, -0.05) is 18.5 Å². The van der Waals surface area contributed by atoms with E-state index in [1.165, 1.54) is 44.4 Å². The third-order valence-corrected chi connectivity index (χ3v) is 5.34. The summed E-state index contributed by atoms with van der Waals surface area (Å²) in [4.78, 5) is 14.5. The zero-order valence-electron chi connectivity index (χ0n) is 17.0. The number of ether oxygens (including phenoxy) is 1. The fourth-order valence-corrected chi connectivity index (χ4v) is 3.76. The summed E-state index contributed by atoms with van der Waals surface area (Å²) in [6.45, 7) is 5.29. The second-order valence-electron chi connectivity index (χ2n) is 7.48. The minimum absolute atomic E-state index is 0.0138. The van der Waals surface area contributed by atoms with Gasteiger partial charge in [0.25, 0.3) is 0 Å². The fraction of sp³-hybridized carbons (Fsp3) is 0.545. The molecule has 1 fully saturated rings. The van der Waals surface area contributed by atoms with Gasteiger partial charge in [0.15, 0.2) is 5.76 Å². The molecule has 7 heteroatoms. The summed E-state index contributed by atoms with van der Waals surface area (Å²) < 4.78 is 23.7. The molecule has 1 aromatic carbocycles. The zero-order valence-corrected chi connectivity index (χ0v) is 17.0. The molecule has 1 saturated heterocycles. The van der Waals surface area contributed by atoms with E-state index in [2.05, 4.69) is 22.3 Å². The molecule has 1 amide bonds. The molecule has 1 N–H and O–H groups in total. The van der Waals surface area contributed by atoms with Gasteiger partial charge in [-0.3, -0.25) is 4.79 Å². The summed E-state index contributed by atoms with van der Waals surface area (Å²) in [5.74, 6) is 0.109. The molecule has 2 aromatic rings. The predicted molar refractivity (Wildman–Crippen MR) is 109 cm³/mol. The van der Waals surface area contributed by atoms with Gasteiger partial charge in [0.2, 0.25) is 5.91 Å². The highest BCUT2D eigenvalue weighted by Gasteiger charge is 2.19. The number of piperidine rings is 1. The van der Waals surface area contributed by atoms with Crippen molar-refractivity contribution in [1.82, 2.24) is 15.4 Å². The second-order valence-corrected chi connectivity index (χ2v) is 7.48. The molecule has 0 bridgehead atoms. The highest BCUT2D eigenvalue weighted by molar-refractivity contribution is 5.77. The Kier molecular flexibility index (Phi) is 8.19. The summed E-state index contributed by atoms with van der Waals surface area (Å²) in [7, 11) is 0. The largest absolute Gasteiger partial charge is 0.365 e. The van der Waals surface area contributed by atoms with Gasteiger partial charge >= 0.3 is 0 Å². The molecule has 1 atom stereocenters. The molecule has 0 unspecified atom stereocenters. The van der Waals surface area contributed by atoms with Crippen molar-refractivity contribution >= 4 is 5.91 Å². The Morgan fingerprint density at radius 2 is 2.17 bits per heavy atom. The van der Waals surface area contributed by atoms with Crippen LogP contribution in [-0.2, 0) is 16.1 Å². The smallest absolute Gasteiger partial charge is 0.246 e. The lowest BCUT2D eigenvalue weighted by molar-refractivity contribution is -0.126. The van der Waals surface area contributed by atoms with Crippen molar-refractivity contribution in [3.63, 3.8) is 0 Å². The highest BCUT2D eigenvalue weighted by Crippen LogP contribution is 2.21. The van der Waals surface area contributed by atoms with Gasteiger partial charge in [-0.2, -0.15) is 0 Å². The van der Waals surface area contributed by atoms with Crippen LogP contribution in [0.3, 0.4) is 0 Å². The van der Waals surface area contributed by atoms with Crippen molar-refractivity contribution < 1.29 is 18.4 Å². The third kappa shape index (κ3) is 6.65. The minimum atomic E-state index is -0.302. The summed E-state index contributed by atoms with van der Waals surface area (Å²) in [5, 5.41) is 6.83. The van der Waals surface area contributed by atoms with Crippen LogP contribution < -0.4 is 5.32 Å². The lowest BCUT2D eigenvalue weighted by Gasteiger charge is -2.35. The van der Waals surface area contributed by atoms with E-state index in [1.54, 1.807) is 18.2 Å². The maximum Gasteiger partial charge on any atom is 0.246 e. The Morgan fingerprint density at radius 3 is 2.97 bits per heavy atom. The quantitative estimate of drug-likeness (QED) is 0.612. The highest BCUT2D eigenvalue weighted by atomic mass is 19.1. The average Bonchev–Trinajstić information content (AvgIpc) is 3.21. The van der Waals surface area contributed by atoms with Gasteiger partial charge in [0.1, 0.15) is 18.1 Å². The SMILES string of the molecule is CC[C@@H]1CCCCN1CCCNC(=O)COCc1cc(-c2ccc(F)cc2)on1. The number of hydrogen-bond donors (Lipinski definition) is 1. The average molecular weight is 403 g/mol. The van der Waals surface area contributed by atoms with Crippen molar-refractivity contribution in [3.8, 4) is 11.3 Å². The molecule has 6 nitrogen and oxygen atoms in total. The van der Waals surface area contributed by atoms with Crippen LogP contribution in [0.2, 0.25) is 0 Å². The molecule has 1 aliphatic heterocycles. The van der Waals surface area contributed by atoms with E-state index in [1.807, 2.05) is 0 Å². The van der Waals surface area contributed by atoms with Crippen LogP contribution in [0.1, 0.15) is 44.7 Å². The van der Waals surface area contributed by atoms with Crippen LogP contribution in [-0.4, -0.2) is 48.2 Å². The van der Waals surface area contributed by atoms with Crippen molar-refractivity contribution in [2.45, 2.75) is 51.7 Å². The number of halogens is 1. The first kappa shape index (κ1) is 21.5. The minimum Gasteiger partial charge on any atom is -0.365 e. The summed E-state index contributed by atoms with van der Waals surface area (Å²) in [5.41, 5.74) is 1.33. The van der Waals surface area contributed by atoms with E-state index in [0.29, 0.717) is 24.0 Å². The Hall–Kier alpha value is -2.25. The number of nitrogens with one attached hydrogen (secondary N) is 1. The lowest BCUT2D eigenvalue weighted by Crippen LogP contribution is -2.40. The van der Waals surface area contributed by atoms with Gasteiger partial charge < -0.3 is 19.5 Å². The van der Waals surface area contributed by atoms with Crippen molar-refractivity contribution in [2.75, 3.05) is 26.2 Å². The Bertz CT molecular complexity index is 763. The Labute approximate surface area is 171 Å². The summed E-state index contributed by atoms with van der Waals surface area (Å²) in [6.07, 6.45) is 6.06. The third-order valence-electron chi connectivity index (χ3n) is 5.34. The van der Waals surface area contributed by atoms with Gasteiger partial charge in [-0.25, -0.2) is 4.39 Å². The number of carbonyl (C=O) groups excluding carboxylic acids is 1. The zero-order chi connectivity index (χ0) is 20.5. The van der Waals surface area contributed by atoms with Crippen LogP contribution in [0.4, 0.5) is 4.39 Å². The maximum absolute atomic E-state index is 13.0. The molecule has 29 heavy (non-hydrogen) atoms. The van der Waals surface area contributed by atoms with E-state index < -0.39 is 0 Å². The number of amides is 1. The van der Waals surface area contributed by atoms with E-state index in [4.69, 9.17) is 9.26 Å². The van der Waals surface area contributed by atoms with Gasteiger partial charge in [0, 0.05) is 30.8 Å². The fourth-order valence-electron chi connectivity index (χ4n) is 3.76. The first-order valence-corrected chi connectivity index (χ1v) is 10.5. The van der Waals surface area contributed by atoms with Gasteiger partial charge in [-0.05, 0) is 56.5 Å². The summed E-state index contributed by atoms with van der Waals surface area (Å²) >= 11 is 0. The van der Waals surface area contributed by atoms with Gasteiger partial charge in [-0.15, -0.1) is 0 Å². The molecule has 0 spiro atoms. The number of aromatic nitrogens is 1. The number of carbonyl (C=O) groups is 1. The van der Waals surface area contributed by atoms with Crippen LogP contribution in [0.5, 0.6) is 0 Å². The maximum atomic E-state index is 13.0. The van der Waals surface area contributed by atoms with Crippen LogP contribution >= 0.6 is 0 Å². The topological polar surface area (TPSA) is 67.6 Å². The van der Waals surface area contributed by atoms with Crippen molar-refractivity contribution in [3.05, 3.63) is 41.8 Å². The van der Waals surface area contributed by atoms with Crippen molar-refractivity contribution in [1.29, 1.82) is 0 Å². The number of hydrogen-bond acceptors (Lipinski definition) is 5. The molecule has 0 radical (unpaired) electrons. The Balaban J connectivity index is 1.30. The first-order chi connectivity index (χ1) is 14.2. The molecule has 3 rings (SSSR count). The second kappa shape index (κ2) is 11.1. The molecule has 158 valence electrons.